The fourth-order valence-electron chi connectivity index (χ4n) is 3.87. The number of pyridine rings is 1. The summed E-state index contributed by atoms with van der Waals surface area (Å²) >= 11 is 0. The SMILES string of the molecule is O=C(NCC1CCCO1)c1cccnc1N1CCN(C(=O)c2ccc(F)c(F)c2)CC1. The largest absolute Gasteiger partial charge is 0.376 e. The first-order valence-corrected chi connectivity index (χ1v) is 10.4. The van der Waals surface area contributed by atoms with Crippen molar-refractivity contribution in [2.75, 3.05) is 44.2 Å². The van der Waals surface area contributed by atoms with Gasteiger partial charge in [-0.3, -0.25) is 9.59 Å². The van der Waals surface area contributed by atoms with E-state index >= 15 is 0 Å². The Morgan fingerprint density at radius 2 is 1.94 bits per heavy atom. The fraction of sp³-hybridized carbons (Fsp3) is 0.409. The van der Waals surface area contributed by atoms with Gasteiger partial charge in [-0.2, -0.15) is 0 Å². The van der Waals surface area contributed by atoms with Crippen molar-refractivity contribution >= 4 is 17.6 Å². The van der Waals surface area contributed by atoms with E-state index in [1.54, 1.807) is 23.2 Å². The Morgan fingerprint density at radius 3 is 2.65 bits per heavy atom. The van der Waals surface area contributed by atoms with Crippen LogP contribution in [0.3, 0.4) is 0 Å². The lowest BCUT2D eigenvalue weighted by Gasteiger charge is -2.36. The molecule has 0 aliphatic carbocycles. The van der Waals surface area contributed by atoms with Gasteiger partial charge < -0.3 is 19.9 Å². The maximum atomic E-state index is 13.5. The van der Waals surface area contributed by atoms with Crippen molar-refractivity contribution in [3.05, 3.63) is 59.3 Å². The molecule has 0 spiro atoms. The molecule has 2 saturated heterocycles. The van der Waals surface area contributed by atoms with E-state index in [1.165, 1.54) is 6.07 Å². The zero-order valence-electron chi connectivity index (χ0n) is 17.0. The number of piperazine rings is 1. The average molecular weight is 430 g/mol. The van der Waals surface area contributed by atoms with Gasteiger partial charge in [0.2, 0.25) is 0 Å². The highest BCUT2D eigenvalue weighted by Gasteiger charge is 2.26. The molecule has 164 valence electrons. The topological polar surface area (TPSA) is 74.8 Å². The van der Waals surface area contributed by atoms with Crippen LogP contribution in [0.2, 0.25) is 0 Å². The minimum Gasteiger partial charge on any atom is -0.376 e. The van der Waals surface area contributed by atoms with E-state index < -0.39 is 11.6 Å². The Hall–Kier alpha value is -3.07. The highest BCUT2D eigenvalue weighted by molar-refractivity contribution is 5.99. The van der Waals surface area contributed by atoms with Gasteiger partial charge in [-0.05, 0) is 43.2 Å². The zero-order valence-corrected chi connectivity index (χ0v) is 17.0. The van der Waals surface area contributed by atoms with Crippen LogP contribution in [-0.2, 0) is 4.74 Å². The third-order valence-corrected chi connectivity index (χ3v) is 5.58. The van der Waals surface area contributed by atoms with Gasteiger partial charge in [0.05, 0.1) is 11.7 Å². The second kappa shape index (κ2) is 9.38. The van der Waals surface area contributed by atoms with Gasteiger partial charge in [-0.15, -0.1) is 0 Å². The zero-order chi connectivity index (χ0) is 21.8. The standard InChI is InChI=1S/C22H24F2N4O3/c23-18-6-5-15(13-19(18)24)22(30)28-10-8-27(9-11-28)20-17(4-1-7-25-20)21(29)26-14-16-3-2-12-31-16/h1,4-7,13,16H,2-3,8-12,14H2,(H,26,29). The number of aromatic nitrogens is 1. The van der Waals surface area contributed by atoms with E-state index in [9.17, 15) is 18.4 Å². The number of hydrogen-bond acceptors (Lipinski definition) is 5. The van der Waals surface area contributed by atoms with E-state index in [-0.39, 0.29) is 23.5 Å². The van der Waals surface area contributed by atoms with E-state index in [0.717, 1.165) is 31.6 Å². The van der Waals surface area contributed by atoms with Crippen molar-refractivity contribution in [1.29, 1.82) is 0 Å². The van der Waals surface area contributed by atoms with Gasteiger partial charge in [0.25, 0.3) is 11.8 Å². The number of hydrogen-bond donors (Lipinski definition) is 1. The van der Waals surface area contributed by atoms with Crippen molar-refractivity contribution in [3.63, 3.8) is 0 Å². The van der Waals surface area contributed by atoms with Gasteiger partial charge in [-0.25, -0.2) is 13.8 Å². The third kappa shape index (κ3) is 4.82. The summed E-state index contributed by atoms with van der Waals surface area (Å²) in [6.45, 7) is 2.89. The smallest absolute Gasteiger partial charge is 0.255 e. The molecule has 0 bridgehead atoms. The minimum absolute atomic E-state index is 0.0509. The van der Waals surface area contributed by atoms with Crippen LogP contribution in [0, 0.1) is 11.6 Å². The Balaban J connectivity index is 1.38. The number of carbonyl (C=O) groups is 2. The molecule has 0 radical (unpaired) electrons. The summed E-state index contributed by atoms with van der Waals surface area (Å²) in [7, 11) is 0. The predicted molar refractivity (Wildman–Crippen MR) is 110 cm³/mol. The average Bonchev–Trinajstić information content (AvgIpc) is 3.33. The molecule has 0 saturated carbocycles. The highest BCUT2D eigenvalue weighted by Crippen LogP contribution is 2.21. The molecule has 2 fully saturated rings. The summed E-state index contributed by atoms with van der Waals surface area (Å²) < 4.78 is 32.1. The van der Waals surface area contributed by atoms with Crippen molar-refractivity contribution < 1.29 is 23.1 Å². The first-order valence-electron chi connectivity index (χ1n) is 10.4. The molecule has 3 heterocycles. The fourth-order valence-corrected chi connectivity index (χ4v) is 3.87. The number of amides is 2. The molecule has 1 N–H and O–H groups in total. The maximum absolute atomic E-state index is 13.5. The normalized spacial score (nSPS) is 18.8. The first kappa shape index (κ1) is 21.2. The molecule has 2 aliphatic heterocycles. The number of nitrogens with zero attached hydrogens (tertiary/aromatic N) is 3. The third-order valence-electron chi connectivity index (χ3n) is 5.58. The second-order valence-corrected chi connectivity index (χ2v) is 7.63. The quantitative estimate of drug-likeness (QED) is 0.788. The van der Waals surface area contributed by atoms with Crippen LogP contribution in [0.15, 0.2) is 36.5 Å². The summed E-state index contributed by atoms with van der Waals surface area (Å²) in [5.41, 5.74) is 0.584. The Morgan fingerprint density at radius 1 is 1.13 bits per heavy atom. The maximum Gasteiger partial charge on any atom is 0.255 e. The van der Waals surface area contributed by atoms with Crippen LogP contribution < -0.4 is 10.2 Å². The predicted octanol–water partition coefficient (Wildman–Crippen LogP) is 2.23. The number of ether oxygens (including phenoxy) is 1. The molecule has 2 aromatic rings. The van der Waals surface area contributed by atoms with Gasteiger partial charge in [-0.1, -0.05) is 0 Å². The van der Waals surface area contributed by atoms with Gasteiger partial charge in [0.15, 0.2) is 11.6 Å². The van der Waals surface area contributed by atoms with Gasteiger partial charge >= 0.3 is 0 Å². The van der Waals surface area contributed by atoms with Crippen molar-refractivity contribution in [2.45, 2.75) is 18.9 Å². The first-order chi connectivity index (χ1) is 15.0. The van der Waals surface area contributed by atoms with E-state index in [1.807, 2.05) is 4.90 Å². The van der Waals surface area contributed by atoms with Crippen molar-refractivity contribution in [2.24, 2.45) is 0 Å². The summed E-state index contributed by atoms with van der Waals surface area (Å²) in [6, 6.07) is 6.59. The van der Waals surface area contributed by atoms with Crippen LogP contribution in [-0.4, -0.2) is 67.1 Å². The van der Waals surface area contributed by atoms with Crippen LogP contribution >= 0.6 is 0 Å². The lowest BCUT2D eigenvalue weighted by molar-refractivity contribution is 0.0744. The van der Waals surface area contributed by atoms with Crippen molar-refractivity contribution in [3.8, 4) is 0 Å². The molecule has 2 amide bonds. The Bertz CT molecular complexity index is 958. The summed E-state index contributed by atoms with van der Waals surface area (Å²) in [4.78, 5) is 33.3. The summed E-state index contributed by atoms with van der Waals surface area (Å²) in [5, 5.41) is 2.92. The second-order valence-electron chi connectivity index (χ2n) is 7.63. The lowest BCUT2D eigenvalue weighted by atomic mass is 10.1. The van der Waals surface area contributed by atoms with Crippen LogP contribution in [0.4, 0.5) is 14.6 Å². The molecular weight excluding hydrogens is 406 g/mol. The molecule has 2 aliphatic rings. The molecule has 1 aromatic heterocycles. The molecule has 7 nitrogen and oxygen atoms in total. The van der Waals surface area contributed by atoms with E-state index in [4.69, 9.17) is 4.74 Å². The van der Waals surface area contributed by atoms with Crippen LogP contribution in [0.5, 0.6) is 0 Å². The highest BCUT2D eigenvalue weighted by atomic mass is 19.2. The molecule has 1 atom stereocenters. The minimum atomic E-state index is -1.04. The van der Waals surface area contributed by atoms with Crippen molar-refractivity contribution in [1.82, 2.24) is 15.2 Å². The number of anilines is 1. The van der Waals surface area contributed by atoms with E-state index in [0.29, 0.717) is 44.1 Å². The van der Waals surface area contributed by atoms with E-state index in [2.05, 4.69) is 10.3 Å². The molecule has 4 rings (SSSR count). The molecule has 9 heteroatoms. The monoisotopic (exact) mass is 430 g/mol. The number of rotatable bonds is 5. The molecule has 1 unspecified atom stereocenters. The lowest BCUT2D eigenvalue weighted by Crippen LogP contribution is -2.49. The van der Waals surface area contributed by atoms with Crippen LogP contribution in [0.1, 0.15) is 33.6 Å². The number of halogens is 2. The Kier molecular flexibility index (Phi) is 6.41. The van der Waals surface area contributed by atoms with Gasteiger partial charge in [0.1, 0.15) is 5.82 Å². The molecule has 31 heavy (non-hydrogen) atoms. The van der Waals surface area contributed by atoms with Gasteiger partial charge in [0, 0.05) is 51.1 Å². The number of nitrogens with one attached hydrogen (secondary N) is 1. The number of benzene rings is 1. The summed E-state index contributed by atoms with van der Waals surface area (Å²) in [6.07, 6.45) is 3.63. The molecule has 1 aromatic carbocycles. The van der Waals surface area contributed by atoms with Crippen LogP contribution in [0.25, 0.3) is 0 Å². The Labute approximate surface area is 179 Å². The molecular formula is C22H24F2N4O3. The summed E-state index contributed by atoms with van der Waals surface area (Å²) in [5.74, 6) is -2.03. The number of carbonyl (C=O) groups excluding carboxylic acids is 2.